The fourth-order valence-electron chi connectivity index (χ4n) is 1.47. The first kappa shape index (κ1) is 10.2. The predicted molar refractivity (Wildman–Crippen MR) is 55.9 cm³/mol. The molecule has 0 amide bonds. The summed E-state index contributed by atoms with van der Waals surface area (Å²) in [5.74, 6) is -0.912. The number of aromatic nitrogens is 2. The third-order valence-electron chi connectivity index (χ3n) is 2.21. The first-order chi connectivity index (χ1) is 7.81. The van der Waals surface area contributed by atoms with Crippen LogP contribution < -0.4 is 0 Å². The maximum atomic E-state index is 13.0. The summed E-state index contributed by atoms with van der Waals surface area (Å²) in [6.07, 6.45) is 2.94. The van der Waals surface area contributed by atoms with Crippen molar-refractivity contribution in [1.82, 2.24) is 9.97 Å². The Morgan fingerprint density at radius 3 is 2.81 bits per heavy atom. The highest BCUT2D eigenvalue weighted by Crippen LogP contribution is 2.22. The number of hydrogen-bond acceptors (Lipinski definition) is 3. The molecule has 0 bridgehead atoms. The van der Waals surface area contributed by atoms with Gasteiger partial charge < -0.3 is 0 Å². The number of benzene rings is 1. The number of nitrogens with zero attached hydrogens (tertiary/aromatic N) is 3. The quantitative estimate of drug-likeness (QED) is 0.768. The van der Waals surface area contributed by atoms with Crippen LogP contribution >= 0.6 is 0 Å². The summed E-state index contributed by atoms with van der Waals surface area (Å²) in [5, 5.41) is 9.09. The van der Waals surface area contributed by atoms with E-state index in [9.17, 15) is 4.39 Å². The van der Waals surface area contributed by atoms with Gasteiger partial charge in [0.05, 0.1) is 11.8 Å². The fraction of sp³-hybridized carbons (Fsp3) is 0.0833. The van der Waals surface area contributed by atoms with Crippen LogP contribution in [0.2, 0.25) is 0 Å². The summed E-state index contributed by atoms with van der Waals surface area (Å²) in [6, 6.07) is 9.73. The molecule has 0 N–H and O–H groups in total. The third kappa shape index (κ3) is 2.04. The Balaban J connectivity index is 2.42. The summed E-state index contributed by atoms with van der Waals surface area (Å²) in [7, 11) is 0. The highest BCUT2D eigenvalue weighted by Gasteiger charge is 2.14. The zero-order valence-corrected chi connectivity index (χ0v) is 8.34. The van der Waals surface area contributed by atoms with Gasteiger partial charge in [-0.1, -0.05) is 12.1 Å². The Labute approximate surface area is 92.2 Å². The predicted octanol–water partition coefficient (Wildman–Crippen LogP) is 2.27. The Morgan fingerprint density at radius 2 is 2.19 bits per heavy atom. The van der Waals surface area contributed by atoms with Crippen molar-refractivity contribution in [3.05, 3.63) is 59.9 Å². The minimum absolute atomic E-state index is 0.355. The van der Waals surface area contributed by atoms with E-state index in [1.54, 1.807) is 24.4 Å². The first-order valence-electron chi connectivity index (χ1n) is 4.72. The van der Waals surface area contributed by atoms with E-state index >= 15 is 0 Å². The number of nitriles is 1. The molecule has 78 valence electrons. The molecule has 0 saturated carbocycles. The minimum atomic E-state index is -0.557. The molecular weight excluding hydrogens is 205 g/mol. The highest BCUT2D eigenvalue weighted by atomic mass is 19.1. The van der Waals surface area contributed by atoms with Crippen LogP contribution in [0.1, 0.15) is 17.2 Å². The Morgan fingerprint density at radius 1 is 1.31 bits per heavy atom. The molecule has 0 radical (unpaired) electrons. The van der Waals surface area contributed by atoms with E-state index in [0.29, 0.717) is 11.3 Å². The van der Waals surface area contributed by atoms with Gasteiger partial charge in [-0.15, -0.1) is 0 Å². The first-order valence-corrected chi connectivity index (χ1v) is 4.72. The van der Waals surface area contributed by atoms with E-state index in [1.807, 2.05) is 0 Å². The fourth-order valence-corrected chi connectivity index (χ4v) is 1.47. The molecule has 3 nitrogen and oxygen atoms in total. The molecule has 0 aliphatic rings. The van der Waals surface area contributed by atoms with E-state index in [2.05, 4.69) is 16.0 Å². The van der Waals surface area contributed by atoms with Gasteiger partial charge in [0.25, 0.3) is 0 Å². The summed E-state index contributed by atoms with van der Waals surface area (Å²) in [5.41, 5.74) is 1.17. The molecule has 1 heterocycles. The van der Waals surface area contributed by atoms with Crippen molar-refractivity contribution in [2.45, 2.75) is 5.92 Å². The van der Waals surface area contributed by atoms with Crippen LogP contribution in [0, 0.1) is 17.1 Å². The van der Waals surface area contributed by atoms with E-state index in [4.69, 9.17) is 5.26 Å². The Kier molecular flexibility index (Phi) is 2.88. The lowest BCUT2D eigenvalue weighted by Crippen LogP contribution is -2.01. The second-order valence-electron chi connectivity index (χ2n) is 3.25. The maximum Gasteiger partial charge on any atom is 0.123 e. The normalized spacial score (nSPS) is 11.8. The molecule has 2 aromatic rings. The third-order valence-corrected chi connectivity index (χ3v) is 2.21. The maximum absolute atomic E-state index is 13.0. The van der Waals surface area contributed by atoms with Crippen LogP contribution in [0.25, 0.3) is 0 Å². The lowest BCUT2D eigenvalue weighted by molar-refractivity contribution is 0.625. The van der Waals surface area contributed by atoms with E-state index in [1.165, 1.54) is 18.5 Å². The summed E-state index contributed by atoms with van der Waals surface area (Å²) >= 11 is 0. The van der Waals surface area contributed by atoms with Gasteiger partial charge >= 0.3 is 0 Å². The lowest BCUT2D eigenvalue weighted by atomic mass is 9.97. The molecule has 0 saturated heterocycles. The van der Waals surface area contributed by atoms with Gasteiger partial charge in [0, 0.05) is 6.20 Å². The van der Waals surface area contributed by atoms with Crippen molar-refractivity contribution in [3.8, 4) is 6.07 Å². The van der Waals surface area contributed by atoms with Crippen LogP contribution in [0.5, 0.6) is 0 Å². The molecule has 2 rings (SSSR count). The van der Waals surface area contributed by atoms with Crippen molar-refractivity contribution >= 4 is 0 Å². The highest BCUT2D eigenvalue weighted by molar-refractivity contribution is 5.33. The molecule has 1 aromatic heterocycles. The van der Waals surface area contributed by atoms with Crippen molar-refractivity contribution in [2.24, 2.45) is 0 Å². The van der Waals surface area contributed by atoms with Gasteiger partial charge in [-0.25, -0.2) is 14.4 Å². The molecule has 0 spiro atoms. The molecule has 16 heavy (non-hydrogen) atoms. The SMILES string of the molecule is N#CC(c1cccc(F)c1)c1ccncn1. The summed E-state index contributed by atoms with van der Waals surface area (Å²) in [4.78, 5) is 7.78. The van der Waals surface area contributed by atoms with Crippen molar-refractivity contribution in [2.75, 3.05) is 0 Å². The van der Waals surface area contributed by atoms with E-state index < -0.39 is 5.92 Å². The standard InChI is InChI=1S/C12H8FN3/c13-10-3-1-2-9(6-10)11(7-14)12-4-5-15-8-16-12/h1-6,8,11H. The van der Waals surface area contributed by atoms with Crippen LogP contribution in [0.4, 0.5) is 4.39 Å². The molecule has 0 aliphatic carbocycles. The number of hydrogen-bond donors (Lipinski definition) is 0. The monoisotopic (exact) mass is 213 g/mol. The zero-order valence-electron chi connectivity index (χ0n) is 8.34. The van der Waals surface area contributed by atoms with Crippen molar-refractivity contribution in [1.29, 1.82) is 5.26 Å². The largest absolute Gasteiger partial charge is 0.245 e. The van der Waals surface area contributed by atoms with Crippen molar-refractivity contribution < 1.29 is 4.39 Å². The molecule has 4 heteroatoms. The van der Waals surface area contributed by atoms with Crippen LogP contribution in [-0.2, 0) is 0 Å². The lowest BCUT2D eigenvalue weighted by Gasteiger charge is -2.07. The summed E-state index contributed by atoms with van der Waals surface area (Å²) < 4.78 is 13.0. The average molecular weight is 213 g/mol. The van der Waals surface area contributed by atoms with Crippen LogP contribution in [0.3, 0.4) is 0 Å². The van der Waals surface area contributed by atoms with Gasteiger partial charge in [0.15, 0.2) is 0 Å². The van der Waals surface area contributed by atoms with Gasteiger partial charge in [0.1, 0.15) is 18.1 Å². The van der Waals surface area contributed by atoms with Gasteiger partial charge in [-0.05, 0) is 23.8 Å². The second kappa shape index (κ2) is 4.49. The smallest absolute Gasteiger partial charge is 0.123 e. The Bertz CT molecular complexity index is 519. The molecule has 1 aromatic carbocycles. The Hall–Kier alpha value is -2.28. The van der Waals surface area contributed by atoms with Crippen molar-refractivity contribution in [3.63, 3.8) is 0 Å². The molecule has 1 atom stereocenters. The molecule has 1 unspecified atom stereocenters. The minimum Gasteiger partial charge on any atom is -0.245 e. The van der Waals surface area contributed by atoms with Gasteiger partial charge in [-0.3, -0.25) is 0 Å². The molecule has 0 aliphatic heterocycles. The summed E-state index contributed by atoms with van der Waals surface area (Å²) in [6.45, 7) is 0. The number of rotatable bonds is 2. The van der Waals surface area contributed by atoms with Crippen LogP contribution in [-0.4, -0.2) is 9.97 Å². The number of halogens is 1. The average Bonchev–Trinajstić information content (AvgIpc) is 2.31. The van der Waals surface area contributed by atoms with E-state index in [-0.39, 0.29) is 5.82 Å². The van der Waals surface area contributed by atoms with Gasteiger partial charge in [-0.2, -0.15) is 5.26 Å². The zero-order chi connectivity index (χ0) is 11.4. The van der Waals surface area contributed by atoms with Crippen LogP contribution in [0.15, 0.2) is 42.9 Å². The second-order valence-corrected chi connectivity index (χ2v) is 3.25. The van der Waals surface area contributed by atoms with E-state index in [0.717, 1.165) is 0 Å². The molecule has 0 fully saturated rings. The topological polar surface area (TPSA) is 49.6 Å². The molecular formula is C12H8FN3. The van der Waals surface area contributed by atoms with Gasteiger partial charge in [0.2, 0.25) is 0 Å².